The van der Waals surface area contributed by atoms with Crippen LogP contribution in [-0.2, 0) is 0 Å². The lowest BCUT2D eigenvalue weighted by Crippen LogP contribution is -2.17. The van der Waals surface area contributed by atoms with Gasteiger partial charge in [0, 0.05) is 46.1 Å². The van der Waals surface area contributed by atoms with Gasteiger partial charge in [-0.3, -0.25) is 4.79 Å². The van der Waals surface area contributed by atoms with Crippen molar-refractivity contribution in [3.8, 4) is 11.5 Å². The van der Waals surface area contributed by atoms with E-state index >= 15 is 0 Å². The van der Waals surface area contributed by atoms with E-state index in [-0.39, 0.29) is 11.1 Å². The van der Waals surface area contributed by atoms with Crippen LogP contribution in [0.4, 0.5) is 11.4 Å². The van der Waals surface area contributed by atoms with E-state index in [1.165, 1.54) is 12.1 Å². The molecule has 3 aromatic rings. The molecule has 4 rings (SSSR count). The Labute approximate surface area is 160 Å². The van der Waals surface area contributed by atoms with Gasteiger partial charge in [-0.1, -0.05) is 18.2 Å². The topological polar surface area (TPSA) is 142 Å². The first-order chi connectivity index (χ1) is 13.3. The van der Waals surface area contributed by atoms with Crippen LogP contribution in [0.15, 0.2) is 54.6 Å². The second kappa shape index (κ2) is 6.31. The number of hydrogen-bond donors (Lipinski definition) is 4. The molecule has 0 unspecified atom stereocenters. The van der Waals surface area contributed by atoms with Crippen molar-refractivity contribution in [1.82, 2.24) is 0 Å². The molecule has 0 fully saturated rings. The monoisotopic (exact) mass is 375 g/mol. The van der Waals surface area contributed by atoms with Gasteiger partial charge in [-0.2, -0.15) is 0 Å². The van der Waals surface area contributed by atoms with Crippen LogP contribution in [0.2, 0.25) is 0 Å². The molecule has 0 bridgehead atoms. The molecule has 140 valence electrons. The number of amides is 1. The average Bonchev–Trinajstić information content (AvgIpc) is 2.65. The SMILES string of the molecule is NC(=O)c1ccc(C2c3ccc(N)cc3Oc3cc(N)ccc32)c(C(=O)O)c1. The van der Waals surface area contributed by atoms with E-state index in [0.29, 0.717) is 28.4 Å². The fraction of sp³-hybridized carbons (Fsp3) is 0.0476. The molecule has 0 saturated carbocycles. The van der Waals surface area contributed by atoms with Crippen LogP contribution in [0.1, 0.15) is 43.3 Å². The van der Waals surface area contributed by atoms with Gasteiger partial charge in [0.25, 0.3) is 0 Å². The summed E-state index contributed by atoms with van der Waals surface area (Å²) in [5.41, 5.74) is 20.3. The van der Waals surface area contributed by atoms with Crippen LogP contribution in [-0.4, -0.2) is 17.0 Å². The lowest BCUT2D eigenvalue weighted by atomic mass is 9.80. The number of aromatic carboxylic acids is 1. The number of anilines is 2. The lowest BCUT2D eigenvalue weighted by molar-refractivity contribution is 0.0695. The van der Waals surface area contributed by atoms with Gasteiger partial charge < -0.3 is 27.0 Å². The van der Waals surface area contributed by atoms with Crippen LogP contribution < -0.4 is 21.9 Å². The van der Waals surface area contributed by atoms with Gasteiger partial charge in [-0.25, -0.2) is 4.79 Å². The largest absolute Gasteiger partial charge is 0.478 e. The van der Waals surface area contributed by atoms with E-state index < -0.39 is 17.8 Å². The third-order valence-electron chi connectivity index (χ3n) is 4.80. The second-order valence-electron chi connectivity index (χ2n) is 6.60. The predicted octanol–water partition coefficient (Wildman–Crippen LogP) is 2.93. The number of fused-ring (bicyclic) bond motifs is 2. The third-order valence-corrected chi connectivity index (χ3v) is 4.80. The lowest BCUT2D eigenvalue weighted by Gasteiger charge is -2.30. The Kier molecular flexibility index (Phi) is 3.93. The van der Waals surface area contributed by atoms with E-state index in [9.17, 15) is 14.7 Å². The molecule has 0 aliphatic carbocycles. The number of ether oxygens (including phenoxy) is 1. The summed E-state index contributed by atoms with van der Waals surface area (Å²) in [4.78, 5) is 23.5. The van der Waals surface area contributed by atoms with Gasteiger partial charge in [0.1, 0.15) is 11.5 Å². The predicted molar refractivity (Wildman–Crippen MR) is 105 cm³/mol. The number of nitrogen functional groups attached to an aromatic ring is 2. The van der Waals surface area contributed by atoms with Gasteiger partial charge in [0.05, 0.1) is 5.56 Å². The van der Waals surface area contributed by atoms with E-state index in [0.717, 1.165) is 11.1 Å². The molecule has 0 saturated heterocycles. The number of nitrogens with two attached hydrogens (primary N) is 3. The smallest absolute Gasteiger partial charge is 0.336 e. The van der Waals surface area contributed by atoms with E-state index in [1.807, 2.05) is 12.1 Å². The minimum Gasteiger partial charge on any atom is -0.478 e. The van der Waals surface area contributed by atoms with Crippen molar-refractivity contribution in [2.45, 2.75) is 5.92 Å². The number of carbonyl (C=O) groups is 2. The van der Waals surface area contributed by atoms with Crippen molar-refractivity contribution in [2.75, 3.05) is 11.5 Å². The number of carbonyl (C=O) groups excluding carboxylic acids is 1. The highest BCUT2D eigenvalue weighted by Crippen LogP contribution is 2.49. The Morgan fingerprint density at radius 1 is 0.821 bits per heavy atom. The first-order valence-electron chi connectivity index (χ1n) is 8.49. The number of benzene rings is 3. The van der Waals surface area contributed by atoms with E-state index in [1.54, 1.807) is 30.3 Å². The van der Waals surface area contributed by atoms with Crippen LogP contribution >= 0.6 is 0 Å². The molecule has 0 aromatic heterocycles. The van der Waals surface area contributed by atoms with E-state index in [4.69, 9.17) is 21.9 Å². The molecule has 1 amide bonds. The minimum absolute atomic E-state index is 0.00579. The van der Waals surface area contributed by atoms with Gasteiger partial charge in [-0.05, 0) is 29.8 Å². The molecule has 7 heteroatoms. The molecule has 28 heavy (non-hydrogen) atoms. The molecular weight excluding hydrogens is 358 g/mol. The number of primary amides is 1. The first-order valence-corrected chi connectivity index (χ1v) is 8.49. The molecule has 1 heterocycles. The Bertz CT molecular complexity index is 1090. The van der Waals surface area contributed by atoms with Crippen molar-refractivity contribution in [2.24, 2.45) is 5.73 Å². The standard InChI is InChI=1S/C21H17N3O4/c22-11-2-5-14-17(8-11)28-18-9-12(23)3-6-15(18)19(14)13-4-1-10(20(24)25)7-16(13)21(26)27/h1-9,19H,22-23H2,(H2,24,25)(H,26,27). The van der Waals surface area contributed by atoms with Gasteiger partial charge in [0.2, 0.25) is 5.91 Å². The zero-order chi connectivity index (χ0) is 20.0. The molecule has 7 nitrogen and oxygen atoms in total. The van der Waals surface area contributed by atoms with Gasteiger partial charge >= 0.3 is 5.97 Å². The summed E-state index contributed by atoms with van der Waals surface area (Å²) in [6, 6.07) is 14.9. The molecule has 7 N–H and O–H groups in total. The van der Waals surface area contributed by atoms with Crippen LogP contribution in [0.5, 0.6) is 11.5 Å². The van der Waals surface area contributed by atoms with Crippen LogP contribution in [0, 0.1) is 0 Å². The summed E-state index contributed by atoms with van der Waals surface area (Å²) >= 11 is 0. The normalized spacial score (nSPS) is 12.6. The molecular formula is C21H17N3O4. The average molecular weight is 375 g/mol. The molecule has 1 aliphatic heterocycles. The molecule has 0 radical (unpaired) electrons. The van der Waals surface area contributed by atoms with Gasteiger partial charge in [0.15, 0.2) is 0 Å². The number of carboxylic acids is 1. The number of hydrogen-bond acceptors (Lipinski definition) is 5. The van der Waals surface area contributed by atoms with E-state index in [2.05, 4.69) is 0 Å². The maximum absolute atomic E-state index is 11.9. The summed E-state index contributed by atoms with van der Waals surface area (Å²) in [6.45, 7) is 0. The Balaban J connectivity index is 2.00. The highest BCUT2D eigenvalue weighted by molar-refractivity contribution is 5.97. The van der Waals surface area contributed by atoms with Crippen LogP contribution in [0.25, 0.3) is 0 Å². The summed E-state index contributed by atoms with van der Waals surface area (Å²) < 4.78 is 5.97. The minimum atomic E-state index is -1.15. The Morgan fingerprint density at radius 3 is 1.86 bits per heavy atom. The highest BCUT2D eigenvalue weighted by Gasteiger charge is 2.32. The van der Waals surface area contributed by atoms with Crippen molar-refractivity contribution >= 4 is 23.3 Å². The van der Waals surface area contributed by atoms with Crippen molar-refractivity contribution in [1.29, 1.82) is 0 Å². The quantitative estimate of drug-likeness (QED) is 0.406. The summed E-state index contributed by atoms with van der Waals surface area (Å²) in [5, 5.41) is 9.76. The highest BCUT2D eigenvalue weighted by atomic mass is 16.5. The molecule has 3 aromatic carbocycles. The van der Waals surface area contributed by atoms with Crippen LogP contribution in [0.3, 0.4) is 0 Å². The third kappa shape index (κ3) is 2.79. The zero-order valence-corrected chi connectivity index (χ0v) is 14.7. The van der Waals surface area contributed by atoms with Crippen molar-refractivity contribution in [3.05, 3.63) is 82.4 Å². The Morgan fingerprint density at radius 2 is 1.36 bits per heavy atom. The molecule has 0 spiro atoms. The number of carboxylic acid groups (broad SMARTS) is 1. The molecule has 0 atom stereocenters. The summed E-state index contributed by atoms with van der Waals surface area (Å²) in [5.74, 6) is -1.23. The fourth-order valence-electron chi connectivity index (χ4n) is 3.52. The maximum Gasteiger partial charge on any atom is 0.336 e. The zero-order valence-electron chi connectivity index (χ0n) is 14.7. The van der Waals surface area contributed by atoms with Crippen molar-refractivity contribution in [3.63, 3.8) is 0 Å². The Hall–Kier alpha value is -4.00. The van der Waals surface area contributed by atoms with Crippen molar-refractivity contribution < 1.29 is 19.4 Å². The summed E-state index contributed by atoms with van der Waals surface area (Å²) in [6.07, 6.45) is 0. The number of rotatable bonds is 3. The summed E-state index contributed by atoms with van der Waals surface area (Å²) in [7, 11) is 0. The van der Waals surface area contributed by atoms with Gasteiger partial charge in [-0.15, -0.1) is 0 Å². The maximum atomic E-state index is 11.9. The fourth-order valence-corrected chi connectivity index (χ4v) is 3.52. The second-order valence-corrected chi connectivity index (χ2v) is 6.60. The molecule has 1 aliphatic rings. The first kappa shape index (κ1) is 17.4.